The summed E-state index contributed by atoms with van der Waals surface area (Å²) in [6.45, 7) is 6.04. The maximum atomic E-state index is 11.8. The van der Waals surface area contributed by atoms with Gasteiger partial charge in [-0.15, -0.1) is 0 Å². The van der Waals surface area contributed by atoms with E-state index in [1.54, 1.807) is 31.2 Å². The summed E-state index contributed by atoms with van der Waals surface area (Å²) >= 11 is 0. The molecular formula is C19H27NO4. The van der Waals surface area contributed by atoms with Gasteiger partial charge in [-0.25, -0.2) is 9.59 Å². The number of nitrogens with two attached hydrogens (primary N) is 1. The summed E-state index contributed by atoms with van der Waals surface area (Å²) in [7, 11) is 0. The molecule has 5 nitrogen and oxygen atoms in total. The first-order chi connectivity index (χ1) is 11.5. The molecule has 1 aromatic carbocycles. The zero-order valence-electron chi connectivity index (χ0n) is 14.4. The Labute approximate surface area is 143 Å². The fourth-order valence-electron chi connectivity index (χ4n) is 2.11. The van der Waals surface area contributed by atoms with Crippen LogP contribution < -0.4 is 5.73 Å². The third-order valence-electron chi connectivity index (χ3n) is 3.48. The van der Waals surface area contributed by atoms with Crippen molar-refractivity contribution in [1.29, 1.82) is 0 Å². The van der Waals surface area contributed by atoms with Crippen molar-refractivity contribution < 1.29 is 19.1 Å². The Kier molecular flexibility index (Phi) is 9.27. The number of unbranched alkanes of at least 4 members (excludes halogenated alkanes) is 5. The second-order valence-corrected chi connectivity index (χ2v) is 5.80. The lowest BCUT2D eigenvalue weighted by Crippen LogP contribution is -2.07. The van der Waals surface area contributed by atoms with Gasteiger partial charge in [0.05, 0.1) is 18.8 Å². The van der Waals surface area contributed by atoms with Gasteiger partial charge in [0.1, 0.15) is 0 Å². The smallest absolute Gasteiger partial charge is 0.338 e. The normalized spacial score (nSPS) is 10.2. The van der Waals surface area contributed by atoms with E-state index < -0.39 is 0 Å². The number of hydrogen-bond donors (Lipinski definition) is 1. The van der Waals surface area contributed by atoms with Crippen LogP contribution >= 0.6 is 0 Å². The average Bonchev–Trinajstić information content (AvgIpc) is 2.55. The highest BCUT2D eigenvalue weighted by Gasteiger charge is 2.06. The molecule has 0 unspecified atom stereocenters. The van der Waals surface area contributed by atoms with Gasteiger partial charge in [-0.2, -0.15) is 0 Å². The van der Waals surface area contributed by atoms with Crippen LogP contribution in [0.4, 0.5) is 5.69 Å². The largest absolute Gasteiger partial charge is 0.462 e. The standard InChI is InChI=1S/C19H27NO4/c1-15(2)18(21)23-12-7-5-3-4-6-8-13-24-19(22)16-10-9-11-17(20)14-16/h9-11,14H,1,3-8,12-13,20H2,2H3. The van der Waals surface area contributed by atoms with Crippen LogP contribution in [0.3, 0.4) is 0 Å². The monoisotopic (exact) mass is 333 g/mol. The molecule has 0 aliphatic heterocycles. The van der Waals surface area contributed by atoms with E-state index in [-0.39, 0.29) is 11.9 Å². The molecule has 0 amide bonds. The Morgan fingerprint density at radius 1 is 1.00 bits per heavy atom. The van der Waals surface area contributed by atoms with Gasteiger partial charge < -0.3 is 15.2 Å². The van der Waals surface area contributed by atoms with Crippen molar-refractivity contribution in [3.8, 4) is 0 Å². The highest BCUT2D eigenvalue weighted by Crippen LogP contribution is 2.10. The number of ether oxygens (including phenoxy) is 2. The Balaban J connectivity index is 1.96. The van der Waals surface area contributed by atoms with Crippen molar-refractivity contribution in [3.05, 3.63) is 42.0 Å². The molecule has 132 valence electrons. The lowest BCUT2D eigenvalue weighted by Gasteiger charge is -2.06. The zero-order chi connectivity index (χ0) is 17.8. The van der Waals surface area contributed by atoms with Gasteiger partial charge in [0.25, 0.3) is 0 Å². The van der Waals surface area contributed by atoms with Gasteiger partial charge in [0.15, 0.2) is 0 Å². The number of anilines is 1. The summed E-state index contributed by atoms with van der Waals surface area (Å²) in [5.41, 5.74) is 7.10. The fourth-order valence-corrected chi connectivity index (χ4v) is 2.11. The number of carbonyl (C=O) groups is 2. The topological polar surface area (TPSA) is 78.6 Å². The lowest BCUT2D eigenvalue weighted by atomic mass is 10.1. The molecule has 0 heterocycles. The van der Waals surface area contributed by atoms with Crippen molar-refractivity contribution in [2.45, 2.75) is 45.4 Å². The summed E-state index contributed by atoms with van der Waals surface area (Å²) in [6, 6.07) is 6.78. The van der Waals surface area contributed by atoms with Crippen LogP contribution in [0.5, 0.6) is 0 Å². The number of carbonyl (C=O) groups excluding carboxylic acids is 2. The quantitative estimate of drug-likeness (QED) is 0.288. The second-order valence-electron chi connectivity index (χ2n) is 5.80. The second kappa shape index (κ2) is 11.3. The first-order valence-electron chi connectivity index (χ1n) is 8.36. The lowest BCUT2D eigenvalue weighted by molar-refractivity contribution is -0.139. The van der Waals surface area contributed by atoms with Crippen LogP contribution in [-0.4, -0.2) is 25.2 Å². The molecule has 0 radical (unpaired) electrons. The zero-order valence-corrected chi connectivity index (χ0v) is 14.4. The molecule has 1 aromatic rings. The van der Waals surface area contributed by atoms with Crippen LogP contribution in [0.2, 0.25) is 0 Å². The van der Waals surface area contributed by atoms with E-state index in [4.69, 9.17) is 15.2 Å². The van der Waals surface area contributed by atoms with Crippen molar-refractivity contribution in [2.75, 3.05) is 18.9 Å². The molecule has 5 heteroatoms. The van der Waals surface area contributed by atoms with E-state index in [2.05, 4.69) is 6.58 Å². The van der Waals surface area contributed by atoms with Gasteiger partial charge in [0.2, 0.25) is 0 Å². The third kappa shape index (κ3) is 8.36. The van der Waals surface area contributed by atoms with E-state index in [0.29, 0.717) is 30.0 Å². The molecule has 0 aliphatic carbocycles. The molecule has 0 aromatic heterocycles. The van der Waals surface area contributed by atoms with E-state index in [1.807, 2.05) is 0 Å². The van der Waals surface area contributed by atoms with Crippen LogP contribution in [0.25, 0.3) is 0 Å². The Morgan fingerprint density at radius 3 is 2.17 bits per heavy atom. The maximum absolute atomic E-state index is 11.8. The Morgan fingerprint density at radius 2 is 1.58 bits per heavy atom. The van der Waals surface area contributed by atoms with Crippen LogP contribution in [0.1, 0.15) is 55.8 Å². The van der Waals surface area contributed by atoms with Crippen LogP contribution in [0, 0.1) is 0 Å². The Bertz CT molecular complexity index is 554. The highest BCUT2D eigenvalue weighted by molar-refractivity contribution is 5.90. The first kappa shape index (κ1) is 19.7. The van der Waals surface area contributed by atoms with Crippen LogP contribution in [-0.2, 0) is 14.3 Å². The molecule has 0 bridgehead atoms. The number of hydrogen-bond acceptors (Lipinski definition) is 5. The van der Waals surface area contributed by atoms with Crippen molar-refractivity contribution in [3.63, 3.8) is 0 Å². The fraction of sp³-hybridized carbons (Fsp3) is 0.474. The third-order valence-corrected chi connectivity index (χ3v) is 3.48. The molecule has 1 rings (SSSR count). The van der Waals surface area contributed by atoms with E-state index in [0.717, 1.165) is 38.5 Å². The number of esters is 2. The minimum absolute atomic E-state index is 0.322. The molecule has 0 aliphatic rings. The highest BCUT2D eigenvalue weighted by atomic mass is 16.5. The molecule has 24 heavy (non-hydrogen) atoms. The predicted octanol–water partition coefficient (Wildman–Crippen LogP) is 3.89. The summed E-state index contributed by atoms with van der Waals surface area (Å²) in [6.07, 6.45) is 5.89. The minimum atomic E-state index is -0.332. The Hall–Kier alpha value is -2.30. The first-order valence-corrected chi connectivity index (χ1v) is 8.36. The number of rotatable bonds is 11. The average molecular weight is 333 g/mol. The molecular weight excluding hydrogens is 306 g/mol. The summed E-state index contributed by atoms with van der Waals surface area (Å²) < 4.78 is 10.2. The molecule has 0 saturated heterocycles. The van der Waals surface area contributed by atoms with Gasteiger partial charge >= 0.3 is 11.9 Å². The molecule has 0 atom stereocenters. The predicted molar refractivity (Wildman–Crippen MR) is 94.6 cm³/mol. The molecule has 0 spiro atoms. The van der Waals surface area contributed by atoms with Gasteiger partial charge in [-0.3, -0.25) is 0 Å². The summed E-state index contributed by atoms with van der Waals surface area (Å²) in [5, 5.41) is 0. The van der Waals surface area contributed by atoms with Gasteiger partial charge in [-0.1, -0.05) is 38.3 Å². The maximum Gasteiger partial charge on any atom is 0.338 e. The van der Waals surface area contributed by atoms with Crippen molar-refractivity contribution in [2.24, 2.45) is 0 Å². The minimum Gasteiger partial charge on any atom is -0.462 e. The summed E-state index contributed by atoms with van der Waals surface area (Å²) in [4.78, 5) is 22.9. The SMILES string of the molecule is C=C(C)C(=O)OCCCCCCCCOC(=O)c1cccc(N)c1. The van der Waals surface area contributed by atoms with E-state index in [1.165, 1.54) is 0 Å². The van der Waals surface area contributed by atoms with E-state index in [9.17, 15) is 9.59 Å². The molecule has 0 fully saturated rings. The van der Waals surface area contributed by atoms with Crippen LogP contribution in [0.15, 0.2) is 36.4 Å². The van der Waals surface area contributed by atoms with Gasteiger partial charge in [0, 0.05) is 11.3 Å². The van der Waals surface area contributed by atoms with Crippen molar-refractivity contribution in [1.82, 2.24) is 0 Å². The number of benzene rings is 1. The van der Waals surface area contributed by atoms with Gasteiger partial charge in [-0.05, 0) is 38.0 Å². The molecule has 2 N–H and O–H groups in total. The molecule has 0 saturated carbocycles. The van der Waals surface area contributed by atoms with E-state index >= 15 is 0 Å². The van der Waals surface area contributed by atoms with Crippen molar-refractivity contribution >= 4 is 17.6 Å². The summed E-state index contributed by atoms with van der Waals surface area (Å²) in [5.74, 6) is -0.654. The number of nitrogen functional groups attached to an aromatic ring is 1.